The predicted octanol–water partition coefficient (Wildman–Crippen LogP) is 2.29. The van der Waals surface area contributed by atoms with Crippen molar-refractivity contribution in [2.45, 2.75) is 13.1 Å². The molecule has 0 aliphatic heterocycles. The highest BCUT2D eigenvalue weighted by Crippen LogP contribution is 2.15. The molecule has 0 aliphatic rings. The molecule has 152 valence electrons. The van der Waals surface area contributed by atoms with Crippen molar-refractivity contribution >= 4 is 17.4 Å². The largest absolute Gasteiger partial charge is 0.378 e. The van der Waals surface area contributed by atoms with Gasteiger partial charge in [0.1, 0.15) is 12.4 Å². The molecule has 0 saturated carbocycles. The molecule has 9 nitrogen and oxygen atoms in total. The minimum atomic E-state index is -0.253. The zero-order chi connectivity index (χ0) is 20.9. The highest BCUT2D eigenvalue weighted by molar-refractivity contribution is 5.89. The number of nitrogens with one attached hydrogen (secondary N) is 1. The van der Waals surface area contributed by atoms with Crippen LogP contribution < -0.4 is 10.2 Å². The first kappa shape index (κ1) is 19.3. The summed E-state index contributed by atoms with van der Waals surface area (Å²) in [7, 11) is 4.01. The van der Waals surface area contributed by atoms with Crippen LogP contribution in [0.4, 0.5) is 11.5 Å². The first-order valence-corrected chi connectivity index (χ1v) is 9.49. The summed E-state index contributed by atoms with van der Waals surface area (Å²) in [4.78, 5) is 15.8. The van der Waals surface area contributed by atoms with E-state index in [-0.39, 0.29) is 12.5 Å². The van der Waals surface area contributed by atoms with Crippen LogP contribution in [0.25, 0.3) is 11.4 Å². The van der Waals surface area contributed by atoms with Crippen molar-refractivity contribution in [2.24, 2.45) is 0 Å². The molecule has 4 rings (SSSR count). The van der Waals surface area contributed by atoms with E-state index in [1.165, 1.54) is 4.80 Å². The summed E-state index contributed by atoms with van der Waals surface area (Å²) in [5.41, 5.74) is 3.07. The molecule has 1 N–H and O–H groups in total. The van der Waals surface area contributed by atoms with Crippen LogP contribution in [-0.2, 0) is 17.9 Å². The van der Waals surface area contributed by atoms with E-state index in [2.05, 4.69) is 38.0 Å². The summed E-state index contributed by atoms with van der Waals surface area (Å²) in [6, 6.07) is 19.5. The van der Waals surface area contributed by atoms with Crippen molar-refractivity contribution in [1.82, 2.24) is 30.0 Å². The Kier molecular flexibility index (Phi) is 5.51. The van der Waals surface area contributed by atoms with E-state index in [0.717, 1.165) is 16.8 Å². The van der Waals surface area contributed by atoms with Gasteiger partial charge in [-0.25, -0.2) is 4.68 Å². The average Bonchev–Trinajstić information content (AvgIpc) is 3.39. The number of rotatable bonds is 7. The van der Waals surface area contributed by atoms with Crippen molar-refractivity contribution in [2.75, 3.05) is 24.3 Å². The molecule has 0 spiro atoms. The lowest BCUT2D eigenvalue weighted by molar-refractivity contribution is -0.117. The Morgan fingerprint density at radius 1 is 1.03 bits per heavy atom. The molecular weight excluding hydrogens is 380 g/mol. The first-order valence-electron chi connectivity index (χ1n) is 9.49. The molecule has 0 fully saturated rings. The molecule has 2 aromatic heterocycles. The number of carbonyl (C=O) groups excluding carboxylic acids is 1. The van der Waals surface area contributed by atoms with Crippen LogP contribution in [-0.4, -0.2) is 50.0 Å². The minimum Gasteiger partial charge on any atom is -0.378 e. The first-order chi connectivity index (χ1) is 14.6. The van der Waals surface area contributed by atoms with Crippen LogP contribution in [0.5, 0.6) is 0 Å². The topological polar surface area (TPSA) is 93.8 Å². The normalized spacial score (nSPS) is 10.7. The summed E-state index contributed by atoms with van der Waals surface area (Å²) < 4.78 is 1.74. The van der Waals surface area contributed by atoms with Gasteiger partial charge in [0, 0.05) is 31.4 Å². The molecule has 30 heavy (non-hydrogen) atoms. The van der Waals surface area contributed by atoms with Crippen molar-refractivity contribution in [3.8, 4) is 11.4 Å². The lowest BCUT2D eigenvalue weighted by atomic mass is 10.2. The number of hydrogen-bond donors (Lipinski definition) is 1. The minimum absolute atomic E-state index is 0.0391. The quantitative estimate of drug-likeness (QED) is 0.510. The third kappa shape index (κ3) is 4.52. The summed E-state index contributed by atoms with van der Waals surface area (Å²) in [6.07, 6.45) is 1.66. The average molecular weight is 402 g/mol. The number of amides is 1. The Bertz CT molecular complexity index is 1120. The van der Waals surface area contributed by atoms with E-state index >= 15 is 0 Å². The standard InChI is InChI=1S/C21H22N8O/c1-27(2)18-10-8-16(9-11-18)14-28-19(12-13-22-28)23-20(30)15-29-25-21(24-26-29)17-6-4-3-5-7-17/h3-13H,14-15H2,1-2H3,(H,23,30). The van der Waals surface area contributed by atoms with Crippen molar-refractivity contribution in [3.05, 3.63) is 72.4 Å². The highest BCUT2D eigenvalue weighted by atomic mass is 16.2. The second kappa shape index (κ2) is 8.56. The van der Waals surface area contributed by atoms with Crippen LogP contribution >= 0.6 is 0 Å². The molecular formula is C21H22N8O. The number of anilines is 2. The van der Waals surface area contributed by atoms with Gasteiger partial charge in [0.15, 0.2) is 0 Å². The molecule has 0 aliphatic carbocycles. The summed E-state index contributed by atoms with van der Waals surface area (Å²) in [6.45, 7) is 0.512. The van der Waals surface area contributed by atoms with Crippen molar-refractivity contribution in [1.29, 1.82) is 0 Å². The molecule has 2 heterocycles. The van der Waals surface area contributed by atoms with Gasteiger partial charge >= 0.3 is 0 Å². The number of nitrogens with zero attached hydrogens (tertiary/aromatic N) is 7. The fourth-order valence-corrected chi connectivity index (χ4v) is 2.96. The fourth-order valence-electron chi connectivity index (χ4n) is 2.96. The second-order valence-electron chi connectivity index (χ2n) is 6.99. The maximum Gasteiger partial charge on any atom is 0.249 e. The van der Waals surface area contributed by atoms with Crippen molar-refractivity contribution in [3.63, 3.8) is 0 Å². The Morgan fingerprint density at radius 2 is 1.80 bits per heavy atom. The lowest BCUT2D eigenvalue weighted by Gasteiger charge is -2.13. The van der Waals surface area contributed by atoms with Crippen molar-refractivity contribution < 1.29 is 4.79 Å². The molecule has 9 heteroatoms. The molecule has 0 atom stereocenters. The van der Waals surface area contributed by atoms with E-state index in [1.54, 1.807) is 16.9 Å². The summed E-state index contributed by atoms with van der Waals surface area (Å²) in [5.74, 6) is 0.839. The maximum absolute atomic E-state index is 12.5. The monoisotopic (exact) mass is 402 g/mol. The predicted molar refractivity (Wildman–Crippen MR) is 114 cm³/mol. The maximum atomic E-state index is 12.5. The number of hydrogen-bond acceptors (Lipinski definition) is 6. The third-order valence-corrected chi connectivity index (χ3v) is 4.54. The number of tetrazole rings is 1. The molecule has 0 radical (unpaired) electrons. The van der Waals surface area contributed by atoms with Gasteiger partial charge in [-0.2, -0.15) is 9.90 Å². The van der Waals surface area contributed by atoms with E-state index in [4.69, 9.17) is 0 Å². The summed E-state index contributed by atoms with van der Waals surface area (Å²) in [5, 5.41) is 19.4. The second-order valence-corrected chi connectivity index (χ2v) is 6.99. The molecule has 2 aromatic carbocycles. The van der Waals surface area contributed by atoms with Gasteiger partial charge in [0.25, 0.3) is 0 Å². The summed E-state index contributed by atoms with van der Waals surface area (Å²) >= 11 is 0. The SMILES string of the molecule is CN(C)c1ccc(Cn2nccc2NC(=O)Cn2nnc(-c3ccccc3)n2)cc1. The molecule has 4 aromatic rings. The number of carbonyl (C=O) groups is 1. The van der Waals surface area contributed by atoms with Crippen LogP contribution in [0.1, 0.15) is 5.56 Å². The highest BCUT2D eigenvalue weighted by Gasteiger charge is 2.12. The van der Waals surface area contributed by atoms with Crippen LogP contribution in [0.15, 0.2) is 66.9 Å². The van der Waals surface area contributed by atoms with E-state index in [9.17, 15) is 4.79 Å². The molecule has 0 unspecified atom stereocenters. The van der Waals surface area contributed by atoms with Crippen LogP contribution in [0.3, 0.4) is 0 Å². The smallest absolute Gasteiger partial charge is 0.249 e. The Morgan fingerprint density at radius 3 is 2.53 bits per heavy atom. The molecule has 0 bridgehead atoms. The van der Waals surface area contributed by atoms with Gasteiger partial charge < -0.3 is 10.2 Å². The Hall–Kier alpha value is -4.01. The zero-order valence-electron chi connectivity index (χ0n) is 16.8. The Balaban J connectivity index is 1.39. The molecule has 1 amide bonds. The van der Waals surface area contributed by atoms with E-state index in [0.29, 0.717) is 18.2 Å². The van der Waals surface area contributed by atoms with Gasteiger partial charge in [0.05, 0.1) is 12.7 Å². The molecule has 0 saturated heterocycles. The van der Waals surface area contributed by atoms with Gasteiger partial charge in [-0.1, -0.05) is 42.5 Å². The lowest BCUT2D eigenvalue weighted by Crippen LogP contribution is -2.22. The van der Waals surface area contributed by atoms with E-state index in [1.807, 2.05) is 61.5 Å². The van der Waals surface area contributed by atoms with Gasteiger partial charge in [-0.3, -0.25) is 4.79 Å². The fraction of sp³-hybridized carbons (Fsp3) is 0.190. The zero-order valence-corrected chi connectivity index (χ0v) is 16.8. The van der Waals surface area contributed by atoms with E-state index < -0.39 is 0 Å². The van der Waals surface area contributed by atoms with Gasteiger partial charge in [0.2, 0.25) is 11.7 Å². The number of benzene rings is 2. The van der Waals surface area contributed by atoms with Gasteiger partial charge in [-0.15, -0.1) is 10.2 Å². The Labute approximate surface area is 173 Å². The third-order valence-electron chi connectivity index (χ3n) is 4.54. The number of aromatic nitrogens is 6. The van der Waals surface area contributed by atoms with Crippen LogP contribution in [0.2, 0.25) is 0 Å². The van der Waals surface area contributed by atoms with Crippen LogP contribution in [0, 0.1) is 0 Å². The van der Waals surface area contributed by atoms with Gasteiger partial charge in [-0.05, 0) is 22.9 Å².